The summed E-state index contributed by atoms with van der Waals surface area (Å²) in [4.78, 5) is 0. The maximum Gasteiger partial charge on any atom is -0.0412 e. The second-order valence-electron chi connectivity index (χ2n) is 7.66. The van der Waals surface area contributed by atoms with E-state index in [-0.39, 0.29) is 0 Å². The SMILES string of the molecule is CCCCCCCCC1CCC(CCCCCCCC)C1. The van der Waals surface area contributed by atoms with Crippen molar-refractivity contribution >= 4 is 0 Å². The van der Waals surface area contributed by atoms with E-state index in [1.54, 1.807) is 32.1 Å². The van der Waals surface area contributed by atoms with Gasteiger partial charge in [-0.25, -0.2) is 0 Å². The van der Waals surface area contributed by atoms with E-state index in [1.807, 2.05) is 0 Å². The van der Waals surface area contributed by atoms with Crippen molar-refractivity contribution in [2.75, 3.05) is 0 Å². The van der Waals surface area contributed by atoms with Crippen LogP contribution in [0.25, 0.3) is 0 Å². The zero-order valence-corrected chi connectivity index (χ0v) is 15.2. The molecule has 0 saturated heterocycles. The van der Waals surface area contributed by atoms with Crippen LogP contribution < -0.4 is 0 Å². The molecule has 0 aromatic rings. The minimum absolute atomic E-state index is 1.10. The van der Waals surface area contributed by atoms with Crippen LogP contribution in [0, 0.1) is 11.8 Å². The Bertz CT molecular complexity index is 186. The van der Waals surface area contributed by atoms with Crippen molar-refractivity contribution in [3.63, 3.8) is 0 Å². The van der Waals surface area contributed by atoms with E-state index in [0.29, 0.717) is 0 Å². The van der Waals surface area contributed by atoms with Gasteiger partial charge in [0.25, 0.3) is 0 Å². The lowest BCUT2D eigenvalue weighted by Crippen LogP contribution is -1.97. The molecule has 1 rings (SSSR count). The Hall–Kier alpha value is 0. The number of unbranched alkanes of at least 4 members (excludes halogenated alkanes) is 10. The zero-order chi connectivity index (χ0) is 15.2. The van der Waals surface area contributed by atoms with E-state index in [4.69, 9.17) is 0 Å². The third-order valence-electron chi connectivity index (χ3n) is 5.58. The predicted octanol–water partition coefficient (Wildman–Crippen LogP) is 7.90. The van der Waals surface area contributed by atoms with Crippen LogP contribution in [0.5, 0.6) is 0 Å². The van der Waals surface area contributed by atoms with Gasteiger partial charge in [0.15, 0.2) is 0 Å². The Kier molecular flexibility index (Phi) is 12.4. The molecule has 21 heavy (non-hydrogen) atoms. The lowest BCUT2D eigenvalue weighted by atomic mass is 9.95. The lowest BCUT2D eigenvalue weighted by Gasteiger charge is -2.11. The molecule has 126 valence electrons. The second kappa shape index (κ2) is 13.6. The Morgan fingerprint density at radius 3 is 1.33 bits per heavy atom. The summed E-state index contributed by atoms with van der Waals surface area (Å²) in [7, 11) is 0. The average Bonchev–Trinajstić information content (AvgIpc) is 2.94. The van der Waals surface area contributed by atoms with E-state index in [0.717, 1.165) is 11.8 Å². The van der Waals surface area contributed by atoms with E-state index in [2.05, 4.69) is 13.8 Å². The van der Waals surface area contributed by atoms with Crippen molar-refractivity contribution in [2.24, 2.45) is 11.8 Å². The monoisotopic (exact) mass is 294 g/mol. The first-order valence-electron chi connectivity index (χ1n) is 10.4. The van der Waals surface area contributed by atoms with Crippen LogP contribution in [0.2, 0.25) is 0 Å². The van der Waals surface area contributed by atoms with Crippen LogP contribution in [-0.4, -0.2) is 0 Å². The second-order valence-corrected chi connectivity index (χ2v) is 7.66. The molecule has 0 heterocycles. The van der Waals surface area contributed by atoms with Gasteiger partial charge in [0.2, 0.25) is 0 Å². The van der Waals surface area contributed by atoms with Gasteiger partial charge in [-0.2, -0.15) is 0 Å². The summed E-state index contributed by atoms with van der Waals surface area (Å²) in [6.45, 7) is 4.62. The van der Waals surface area contributed by atoms with Gasteiger partial charge in [-0.05, 0) is 18.3 Å². The van der Waals surface area contributed by atoms with Gasteiger partial charge >= 0.3 is 0 Å². The highest BCUT2D eigenvalue weighted by Gasteiger charge is 2.23. The smallest absolute Gasteiger partial charge is 0.0412 e. The summed E-state index contributed by atoms with van der Waals surface area (Å²) in [5.74, 6) is 2.20. The molecule has 0 aromatic heterocycles. The van der Waals surface area contributed by atoms with Gasteiger partial charge in [0, 0.05) is 0 Å². The van der Waals surface area contributed by atoms with E-state index >= 15 is 0 Å². The third-order valence-corrected chi connectivity index (χ3v) is 5.58. The van der Waals surface area contributed by atoms with Crippen LogP contribution in [0.4, 0.5) is 0 Å². The standard InChI is InChI=1S/C21H42/c1-3-5-7-9-11-13-15-20-17-18-21(19-20)16-14-12-10-8-6-4-2/h20-21H,3-19H2,1-2H3. The molecule has 0 N–H and O–H groups in total. The Balaban J connectivity index is 1.88. The molecule has 0 amide bonds. The molecular weight excluding hydrogens is 252 g/mol. The molecular formula is C21H42. The first-order valence-corrected chi connectivity index (χ1v) is 10.4. The molecule has 0 nitrogen and oxygen atoms in total. The van der Waals surface area contributed by atoms with Crippen molar-refractivity contribution in [3.8, 4) is 0 Å². The quantitative estimate of drug-likeness (QED) is 0.285. The Labute approximate surface area is 135 Å². The molecule has 1 aliphatic carbocycles. The molecule has 0 bridgehead atoms. The molecule has 0 aliphatic heterocycles. The summed E-state index contributed by atoms with van der Waals surface area (Å²) in [5, 5.41) is 0. The predicted molar refractivity (Wildman–Crippen MR) is 96.8 cm³/mol. The van der Waals surface area contributed by atoms with Gasteiger partial charge in [0.05, 0.1) is 0 Å². The fourth-order valence-corrected chi connectivity index (χ4v) is 4.13. The van der Waals surface area contributed by atoms with E-state index in [1.165, 1.54) is 77.0 Å². The van der Waals surface area contributed by atoms with Crippen molar-refractivity contribution in [1.29, 1.82) is 0 Å². The van der Waals surface area contributed by atoms with Crippen molar-refractivity contribution in [3.05, 3.63) is 0 Å². The number of rotatable bonds is 14. The highest BCUT2D eigenvalue weighted by atomic mass is 14.3. The summed E-state index contributed by atoms with van der Waals surface area (Å²) in [5.41, 5.74) is 0. The van der Waals surface area contributed by atoms with Gasteiger partial charge in [-0.15, -0.1) is 0 Å². The number of hydrogen-bond acceptors (Lipinski definition) is 0. The molecule has 0 spiro atoms. The summed E-state index contributed by atoms with van der Waals surface area (Å²) < 4.78 is 0. The van der Waals surface area contributed by atoms with Crippen LogP contribution in [0.3, 0.4) is 0 Å². The average molecular weight is 295 g/mol. The van der Waals surface area contributed by atoms with Gasteiger partial charge < -0.3 is 0 Å². The summed E-state index contributed by atoms with van der Waals surface area (Å²) >= 11 is 0. The zero-order valence-electron chi connectivity index (χ0n) is 15.2. The molecule has 2 atom stereocenters. The fourth-order valence-electron chi connectivity index (χ4n) is 4.13. The van der Waals surface area contributed by atoms with Crippen LogP contribution in [0.15, 0.2) is 0 Å². The summed E-state index contributed by atoms with van der Waals surface area (Å²) in [6.07, 6.45) is 25.4. The maximum absolute atomic E-state index is 2.31. The molecule has 1 aliphatic rings. The van der Waals surface area contributed by atoms with Crippen LogP contribution in [0.1, 0.15) is 123 Å². The molecule has 0 radical (unpaired) electrons. The maximum atomic E-state index is 2.31. The van der Waals surface area contributed by atoms with Crippen LogP contribution in [-0.2, 0) is 0 Å². The molecule has 0 aromatic carbocycles. The summed E-state index contributed by atoms with van der Waals surface area (Å²) in [6, 6.07) is 0. The van der Waals surface area contributed by atoms with Crippen LogP contribution >= 0.6 is 0 Å². The number of hydrogen-bond donors (Lipinski definition) is 0. The fraction of sp³-hybridized carbons (Fsp3) is 1.00. The minimum atomic E-state index is 1.10. The third kappa shape index (κ3) is 10.4. The normalized spacial score (nSPS) is 22.0. The molecule has 0 heteroatoms. The Morgan fingerprint density at radius 2 is 0.905 bits per heavy atom. The van der Waals surface area contributed by atoms with Crippen molar-refractivity contribution in [1.82, 2.24) is 0 Å². The molecule has 2 unspecified atom stereocenters. The highest BCUT2D eigenvalue weighted by Crippen LogP contribution is 2.37. The minimum Gasteiger partial charge on any atom is -0.0654 e. The Morgan fingerprint density at radius 1 is 0.524 bits per heavy atom. The molecule has 1 saturated carbocycles. The lowest BCUT2D eigenvalue weighted by molar-refractivity contribution is 0.414. The first kappa shape index (κ1) is 19.0. The largest absolute Gasteiger partial charge is 0.0654 e. The van der Waals surface area contributed by atoms with Crippen molar-refractivity contribution < 1.29 is 0 Å². The topological polar surface area (TPSA) is 0 Å². The van der Waals surface area contributed by atoms with Gasteiger partial charge in [0.1, 0.15) is 0 Å². The van der Waals surface area contributed by atoms with Gasteiger partial charge in [-0.1, -0.05) is 117 Å². The highest BCUT2D eigenvalue weighted by molar-refractivity contribution is 4.75. The van der Waals surface area contributed by atoms with E-state index in [9.17, 15) is 0 Å². The van der Waals surface area contributed by atoms with E-state index < -0.39 is 0 Å². The van der Waals surface area contributed by atoms with Crippen molar-refractivity contribution in [2.45, 2.75) is 123 Å². The van der Waals surface area contributed by atoms with Gasteiger partial charge in [-0.3, -0.25) is 0 Å². The first-order chi connectivity index (χ1) is 10.4. The molecule has 1 fully saturated rings.